The molecule has 2 amide bonds. The summed E-state index contributed by atoms with van der Waals surface area (Å²) in [6.07, 6.45) is 0. The Morgan fingerprint density at radius 3 is 2.43 bits per heavy atom. The van der Waals surface area contributed by atoms with Crippen molar-refractivity contribution >= 4 is 29.1 Å². The van der Waals surface area contributed by atoms with Gasteiger partial charge in [-0.05, 0) is 35.9 Å². The summed E-state index contributed by atoms with van der Waals surface area (Å²) in [5.74, 6) is -0.123. The molecule has 0 aliphatic carbocycles. The van der Waals surface area contributed by atoms with Crippen LogP contribution in [0.5, 0.6) is 5.75 Å². The first kappa shape index (κ1) is 19.5. The number of benzene rings is 3. The number of para-hydroxylation sites is 1. The van der Waals surface area contributed by atoms with Gasteiger partial charge in [0.1, 0.15) is 5.75 Å². The molecule has 0 aliphatic heterocycles. The van der Waals surface area contributed by atoms with Gasteiger partial charge in [0.05, 0.1) is 5.02 Å². The lowest BCUT2D eigenvalue weighted by molar-refractivity contribution is -0.118. The van der Waals surface area contributed by atoms with Crippen LogP contribution in [0.15, 0.2) is 78.9 Å². The molecular weight excluding hydrogens is 376 g/mol. The Kier molecular flexibility index (Phi) is 6.65. The molecule has 5 nitrogen and oxygen atoms in total. The zero-order valence-electron chi connectivity index (χ0n) is 15.0. The Labute approximate surface area is 168 Å². The molecule has 0 aliphatic rings. The molecule has 0 aromatic heterocycles. The van der Waals surface area contributed by atoms with E-state index < -0.39 is 0 Å². The molecule has 0 spiro atoms. The number of nitrogens with one attached hydrogen (secondary N) is 2. The molecule has 28 heavy (non-hydrogen) atoms. The number of rotatable bonds is 7. The van der Waals surface area contributed by atoms with Crippen LogP contribution in [0, 0.1) is 0 Å². The highest BCUT2D eigenvalue weighted by Crippen LogP contribution is 2.23. The van der Waals surface area contributed by atoms with Gasteiger partial charge < -0.3 is 15.4 Å². The molecule has 0 saturated heterocycles. The van der Waals surface area contributed by atoms with Crippen molar-refractivity contribution < 1.29 is 14.3 Å². The van der Waals surface area contributed by atoms with Gasteiger partial charge in [0, 0.05) is 17.8 Å². The quantitative estimate of drug-likeness (QED) is 0.628. The van der Waals surface area contributed by atoms with E-state index in [0.717, 1.165) is 5.56 Å². The van der Waals surface area contributed by atoms with Crippen molar-refractivity contribution in [3.8, 4) is 5.75 Å². The molecule has 2 N–H and O–H groups in total. The van der Waals surface area contributed by atoms with E-state index in [1.807, 2.05) is 30.3 Å². The largest absolute Gasteiger partial charge is 0.482 e. The highest BCUT2D eigenvalue weighted by Gasteiger charge is 2.09. The third kappa shape index (κ3) is 5.59. The Balaban J connectivity index is 1.54. The lowest BCUT2D eigenvalue weighted by Gasteiger charge is -2.10. The minimum absolute atomic E-state index is 0.186. The van der Waals surface area contributed by atoms with Crippen LogP contribution in [-0.2, 0) is 11.3 Å². The van der Waals surface area contributed by atoms with E-state index in [-0.39, 0.29) is 18.4 Å². The van der Waals surface area contributed by atoms with Crippen LogP contribution in [-0.4, -0.2) is 18.4 Å². The normalized spacial score (nSPS) is 10.2. The Morgan fingerprint density at radius 2 is 1.64 bits per heavy atom. The number of anilines is 1. The van der Waals surface area contributed by atoms with Crippen LogP contribution < -0.4 is 15.4 Å². The van der Waals surface area contributed by atoms with Gasteiger partial charge in [-0.2, -0.15) is 0 Å². The molecular formula is C22H19ClN2O3. The Morgan fingerprint density at radius 1 is 0.893 bits per heavy atom. The van der Waals surface area contributed by atoms with Crippen molar-refractivity contribution in [2.45, 2.75) is 6.54 Å². The molecule has 142 valence electrons. The molecule has 3 aromatic carbocycles. The maximum Gasteiger partial charge on any atom is 0.262 e. The Hall–Kier alpha value is -3.31. The molecule has 0 saturated carbocycles. The molecule has 3 rings (SSSR count). The van der Waals surface area contributed by atoms with Crippen LogP contribution in [0.4, 0.5) is 5.69 Å². The zero-order valence-corrected chi connectivity index (χ0v) is 15.8. The van der Waals surface area contributed by atoms with Crippen LogP contribution in [0.3, 0.4) is 0 Å². The van der Waals surface area contributed by atoms with E-state index in [1.165, 1.54) is 0 Å². The maximum absolute atomic E-state index is 12.3. The average molecular weight is 395 g/mol. The molecule has 6 heteroatoms. The molecule has 0 atom stereocenters. The fraction of sp³-hybridized carbons (Fsp3) is 0.0909. The van der Waals surface area contributed by atoms with Crippen molar-refractivity contribution in [2.75, 3.05) is 11.9 Å². The third-order valence-corrected chi connectivity index (χ3v) is 4.21. The summed E-state index contributed by atoms with van der Waals surface area (Å²) >= 11 is 6.00. The summed E-state index contributed by atoms with van der Waals surface area (Å²) in [7, 11) is 0. The first-order chi connectivity index (χ1) is 13.6. The second-order valence-corrected chi connectivity index (χ2v) is 6.42. The minimum Gasteiger partial charge on any atom is -0.482 e. The highest BCUT2D eigenvalue weighted by atomic mass is 35.5. The molecule has 3 aromatic rings. The number of hydrogen-bond acceptors (Lipinski definition) is 3. The fourth-order valence-electron chi connectivity index (χ4n) is 2.52. The number of halogens is 1. The van der Waals surface area contributed by atoms with Crippen molar-refractivity contribution in [1.29, 1.82) is 0 Å². The molecule has 0 unspecified atom stereocenters. The van der Waals surface area contributed by atoms with Gasteiger partial charge in [0.15, 0.2) is 6.61 Å². The predicted molar refractivity (Wildman–Crippen MR) is 110 cm³/mol. The van der Waals surface area contributed by atoms with Crippen LogP contribution in [0.25, 0.3) is 0 Å². The van der Waals surface area contributed by atoms with Gasteiger partial charge in [-0.3, -0.25) is 9.59 Å². The summed E-state index contributed by atoms with van der Waals surface area (Å²) in [6, 6.07) is 23.3. The van der Waals surface area contributed by atoms with E-state index in [1.54, 1.807) is 48.5 Å². The Bertz CT molecular complexity index is 961. The van der Waals surface area contributed by atoms with E-state index in [2.05, 4.69) is 10.6 Å². The van der Waals surface area contributed by atoms with Crippen LogP contribution >= 0.6 is 11.6 Å². The first-order valence-corrected chi connectivity index (χ1v) is 9.09. The highest BCUT2D eigenvalue weighted by molar-refractivity contribution is 6.32. The fourth-order valence-corrected chi connectivity index (χ4v) is 2.71. The van der Waals surface area contributed by atoms with E-state index in [4.69, 9.17) is 16.3 Å². The van der Waals surface area contributed by atoms with E-state index >= 15 is 0 Å². The molecule has 0 heterocycles. The van der Waals surface area contributed by atoms with Gasteiger partial charge in [-0.1, -0.05) is 60.1 Å². The predicted octanol–water partition coefficient (Wildman–Crippen LogP) is 4.29. The van der Waals surface area contributed by atoms with Gasteiger partial charge >= 0.3 is 0 Å². The third-order valence-electron chi connectivity index (χ3n) is 3.90. The standard InChI is InChI=1S/C22H19ClN2O3/c23-19-11-4-5-12-20(19)28-15-21(26)25-18-10-6-9-17(13-18)22(27)24-14-16-7-2-1-3-8-16/h1-13H,14-15H2,(H,24,27)(H,25,26). The smallest absolute Gasteiger partial charge is 0.262 e. The summed E-state index contributed by atoms with van der Waals surface area (Å²) in [5, 5.41) is 6.01. The SMILES string of the molecule is O=C(COc1ccccc1Cl)Nc1cccc(C(=O)NCc2ccccc2)c1. The van der Waals surface area contributed by atoms with Crippen molar-refractivity contribution in [3.05, 3.63) is 95.0 Å². The van der Waals surface area contributed by atoms with Gasteiger partial charge in [-0.15, -0.1) is 0 Å². The second-order valence-electron chi connectivity index (χ2n) is 6.02. The lowest BCUT2D eigenvalue weighted by atomic mass is 10.1. The number of carbonyl (C=O) groups is 2. The van der Waals surface area contributed by atoms with Gasteiger partial charge in [0.2, 0.25) is 0 Å². The first-order valence-electron chi connectivity index (χ1n) is 8.71. The lowest BCUT2D eigenvalue weighted by Crippen LogP contribution is -2.23. The summed E-state index contributed by atoms with van der Waals surface area (Å²) in [4.78, 5) is 24.5. The van der Waals surface area contributed by atoms with Crippen molar-refractivity contribution in [3.63, 3.8) is 0 Å². The number of ether oxygens (including phenoxy) is 1. The molecule has 0 radical (unpaired) electrons. The number of amides is 2. The molecule has 0 bridgehead atoms. The minimum atomic E-state index is -0.346. The topological polar surface area (TPSA) is 67.4 Å². The molecule has 0 fully saturated rings. The number of carbonyl (C=O) groups excluding carboxylic acids is 2. The summed E-state index contributed by atoms with van der Waals surface area (Å²) < 4.78 is 5.41. The van der Waals surface area contributed by atoms with Gasteiger partial charge in [-0.25, -0.2) is 0 Å². The van der Waals surface area contributed by atoms with Crippen molar-refractivity contribution in [1.82, 2.24) is 5.32 Å². The van der Waals surface area contributed by atoms with E-state index in [0.29, 0.717) is 28.6 Å². The van der Waals surface area contributed by atoms with Crippen LogP contribution in [0.2, 0.25) is 5.02 Å². The van der Waals surface area contributed by atoms with Crippen molar-refractivity contribution in [2.24, 2.45) is 0 Å². The van der Waals surface area contributed by atoms with Crippen LogP contribution in [0.1, 0.15) is 15.9 Å². The zero-order chi connectivity index (χ0) is 19.8. The van der Waals surface area contributed by atoms with Gasteiger partial charge in [0.25, 0.3) is 11.8 Å². The second kappa shape index (κ2) is 9.58. The van der Waals surface area contributed by atoms with E-state index in [9.17, 15) is 9.59 Å². The average Bonchev–Trinajstić information content (AvgIpc) is 2.72. The monoisotopic (exact) mass is 394 g/mol. The number of hydrogen-bond donors (Lipinski definition) is 2. The summed E-state index contributed by atoms with van der Waals surface area (Å²) in [6.45, 7) is 0.246. The summed E-state index contributed by atoms with van der Waals surface area (Å²) in [5.41, 5.74) is 1.98. The maximum atomic E-state index is 12.3.